The Morgan fingerprint density at radius 2 is 2.47 bits per heavy atom. The van der Waals surface area contributed by atoms with Crippen LogP contribution in [-0.2, 0) is 4.79 Å². The molecule has 0 spiro atoms. The second kappa shape index (κ2) is 2.79. The number of hydrogen-bond donors (Lipinski definition) is 2. The standard InChI is InChI=1S/C10H9N3O2/c14-10(15)6-4-5(6)8-12-7-2-1-3-11-9(7)13-8/h1-3,5-6H,4H2,(H,14,15)(H,11,12,13)/t5-,6+/m1/s1. The highest BCUT2D eigenvalue weighted by atomic mass is 16.4. The van der Waals surface area contributed by atoms with Crippen molar-refractivity contribution in [2.75, 3.05) is 0 Å². The molecule has 15 heavy (non-hydrogen) atoms. The maximum atomic E-state index is 10.7. The van der Waals surface area contributed by atoms with E-state index in [0.29, 0.717) is 12.1 Å². The van der Waals surface area contributed by atoms with Gasteiger partial charge in [-0.25, -0.2) is 9.97 Å². The Kier molecular flexibility index (Phi) is 1.56. The topological polar surface area (TPSA) is 78.9 Å². The zero-order valence-electron chi connectivity index (χ0n) is 7.84. The lowest BCUT2D eigenvalue weighted by molar-refractivity contribution is -0.138. The summed E-state index contributed by atoms with van der Waals surface area (Å²) in [6.45, 7) is 0. The first kappa shape index (κ1) is 8.40. The summed E-state index contributed by atoms with van der Waals surface area (Å²) < 4.78 is 0. The lowest BCUT2D eigenvalue weighted by Gasteiger charge is -1.89. The number of H-pyrrole nitrogens is 1. The minimum absolute atomic E-state index is 0.0386. The average Bonchev–Trinajstić information content (AvgIpc) is 2.91. The first-order valence-electron chi connectivity index (χ1n) is 4.79. The minimum atomic E-state index is -0.742. The maximum Gasteiger partial charge on any atom is 0.307 e. The number of nitrogens with zero attached hydrogens (tertiary/aromatic N) is 2. The zero-order valence-corrected chi connectivity index (χ0v) is 7.84. The molecule has 1 saturated carbocycles. The Morgan fingerprint density at radius 3 is 3.13 bits per heavy atom. The van der Waals surface area contributed by atoms with Gasteiger partial charge < -0.3 is 10.1 Å². The highest BCUT2D eigenvalue weighted by Crippen LogP contribution is 2.46. The quantitative estimate of drug-likeness (QED) is 0.767. The number of aliphatic carboxylic acids is 1. The second-order valence-corrected chi connectivity index (χ2v) is 3.78. The van der Waals surface area contributed by atoms with Crippen LogP contribution in [0.4, 0.5) is 0 Å². The van der Waals surface area contributed by atoms with E-state index in [9.17, 15) is 4.79 Å². The van der Waals surface area contributed by atoms with Crippen LogP contribution in [-0.4, -0.2) is 26.0 Å². The number of pyridine rings is 1. The fourth-order valence-electron chi connectivity index (χ4n) is 1.81. The Labute approximate surface area is 85.2 Å². The Bertz CT molecular complexity index is 501. The van der Waals surface area contributed by atoms with Crippen LogP contribution in [0.15, 0.2) is 18.3 Å². The van der Waals surface area contributed by atoms with Gasteiger partial charge in [-0.05, 0) is 18.6 Å². The van der Waals surface area contributed by atoms with Crippen molar-refractivity contribution in [3.05, 3.63) is 24.2 Å². The summed E-state index contributed by atoms with van der Waals surface area (Å²) in [7, 11) is 0. The van der Waals surface area contributed by atoms with Crippen molar-refractivity contribution < 1.29 is 9.90 Å². The summed E-state index contributed by atoms with van der Waals surface area (Å²) in [6, 6.07) is 3.71. The lowest BCUT2D eigenvalue weighted by Crippen LogP contribution is -1.99. The fourth-order valence-corrected chi connectivity index (χ4v) is 1.81. The third-order valence-electron chi connectivity index (χ3n) is 2.73. The minimum Gasteiger partial charge on any atom is -0.481 e. The zero-order chi connectivity index (χ0) is 10.4. The molecule has 2 aromatic rings. The molecule has 2 N–H and O–H groups in total. The van der Waals surface area contributed by atoms with E-state index in [2.05, 4.69) is 15.0 Å². The number of carboxylic acids is 1. The SMILES string of the molecule is O=C(O)[C@H]1C[C@H]1c1nc2ncccc2[nH]1. The van der Waals surface area contributed by atoms with Gasteiger partial charge >= 0.3 is 5.97 Å². The Hall–Kier alpha value is -1.91. The number of aromatic amines is 1. The predicted octanol–water partition coefficient (Wildman–Crippen LogP) is 1.15. The number of carboxylic acid groups (broad SMARTS) is 1. The van der Waals surface area contributed by atoms with Crippen LogP contribution in [0.25, 0.3) is 11.2 Å². The molecule has 1 aliphatic rings. The van der Waals surface area contributed by atoms with E-state index >= 15 is 0 Å². The number of imidazole rings is 1. The number of carbonyl (C=O) groups is 1. The molecule has 3 rings (SSSR count). The third-order valence-corrected chi connectivity index (χ3v) is 2.73. The van der Waals surface area contributed by atoms with Gasteiger partial charge in [0.2, 0.25) is 0 Å². The van der Waals surface area contributed by atoms with Crippen LogP contribution in [0, 0.1) is 5.92 Å². The van der Waals surface area contributed by atoms with Gasteiger partial charge in [0.25, 0.3) is 0 Å². The van der Waals surface area contributed by atoms with Gasteiger partial charge in [-0.2, -0.15) is 0 Å². The van der Waals surface area contributed by atoms with Crippen molar-refractivity contribution in [3.8, 4) is 0 Å². The van der Waals surface area contributed by atoms with Crippen molar-refractivity contribution in [2.24, 2.45) is 5.92 Å². The summed E-state index contributed by atoms with van der Waals surface area (Å²) in [5.41, 5.74) is 1.52. The molecule has 5 heteroatoms. The highest BCUT2D eigenvalue weighted by molar-refractivity contribution is 5.76. The molecule has 0 radical (unpaired) electrons. The molecule has 0 aromatic carbocycles. The molecule has 0 amide bonds. The molecule has 0 saturated heterocycles. The summed E-state index contributed by atoms with van der Waals surface area (Å²) in [5.74, 6) is -0.230. The van der Waals surface area contributed by atoms with Gasteiger partial charge in [0.15, 0.2) is 5.65 Å². The van der Waals surface area contributed by atoms with E-state index in [1.807, 2.05) is 12.1 Å². The van der Waals surface area contributed by atoms with Crippen LogP contribution in [0.5, 0.6) is 0 Å². The van der Waals surface area contributed by atoms with Crippen LogP contribution >= 0.6 is 0 Å². The molecule has 2 atom stereocenters. The molecule has 5 nitrogen and oxygen atoms in total. The predicted molar refractivity (Wildman–Crippen MR) is 52.4 cm³/mol. The molecule has 1 aliphatic carbocycles. The molecular formula is C10H9N3O2. The third kappa shape index (κ3) is 1.27. The molecule has 0 bridgehead atoms. The number of fused-ring (bicyclic) bond motifs is 1. The van der Waals surface area contributed by atoms with Gasteiger partial charge in [-0.1, -0.05) is 0 Å². The van der Waals surface area contributed by atoms with Crippen molar-refractivity contribution >= 4 is 17.1 Å². The number of rotatable bonds is 2. The molecule has 2 aromatic heterocycles. The van der Waals surface area contributed by atoms with Crippen LogP contribution in [0.2, 0.25) is 0 Å². The fraction of sp³-hybridized carbons (Fsp3) is 0.300. The smallest absolute Gasteiger partial charge is 0.307 e. The van der Waals surface area contributed by atoms with Crippen molar-refractivity contribution in [3.63, 3.8) is 0 Å². The first-order chi connectivity index (χ1) is 7.25. The van der Waals surface area contributed by atoms with Crippen molar-refractivity contribution in [1.29, 1.82) is 0 Å². The highest BCUT2D eigenvalue weighted by Gasteiger charge is 2.46. The summed E-state index contributed by atoms with van der Waals surface area (Å²) in [6.07, 6.45) is 2.35. The number of aromatic nitrogens is 3. The number of hydrogen-bond acceptors (Lipinski definition) is 3. The van der Waals surface area contributed by atoms with E-state index < -0.39 is 5.97 Å². The van der Waals surface area contributed by atoms with Gasteiger partial charge in [-0.3, -0.25) is 4.79 Å². The molecule has 2 heterocycles. The van der Waals surface area contributed by atoms with E-state index in [4.69, 9.17) is 5.11 Å². The van der Waals surface area contributed by atoms with Gasteiger partial charge in [0.05, 0.1) is 11.4 Å². The normalized spacial score (nSPS) is 24.3. The average molecular weight is 203 g/mol. The molecule has 1 fully saturated rings. The van der Waals surface area contributed by atoms with Crippen LogP contribution in [0.1, 0.15) is 18.2 Å². The van der Waals surface area contributed by atoms with Gasteiger partial charge in [0, 0.05) is 12.1 Å². The summed E-state index contributed by atoms with van der Waals surface area (Å²) in [5, 5.41) is 8.80. The molecule has 0 aliphatic heterocycles. The lowest BCUT2D eigenvalue weighted by atomic mass is 10.3. The van der Waals surface area contributed by atoms with E-state index in [0.717, 1.165) is 11.3 Å². The Morgan fingerprint density at radius 1 is 1.60 bits per heavy atom. The van der Waals surface area contributed by atoms with E-state index in [1.54, 1.807) is 6.20 Å². The largest absolute Gasteiger partial charge is 0.481 e. The van der Waals surface area contributed by atoms with Crippen LogP contribution < -0.4 is 0 Å². The monoisotopic (exact) mass is 203 g/mol. The number of nitrogens with one attached hydrogen (secondary N) is 1. The van der Waals surface area contributed by atoms with Crippen LogP contribution in [0.3, 0.4) is 0 Å². The first-order valence-corrected chi connectivity index (χ1v) is 4.79. The summed E-state index contributed by atoms with van der Waals surface area (Å²) >= 11 is 0. The Balaban J connectivity index is 1.97. The maximum absolute atomic E-state index is 10.7. The second-order valence-electron chi connectivity index (χ2n) is 3.78. The van der Waals surface area contributed by atoms with Crippen molar-refractivity contribution in [1.82, 2.24) is 15.0 Å². The molecule has 0 unspecified atom stereocenters. The van der Waals surface area contributed by atoms with E-state index in [1.165, 1.54) is 0 Å². The van der Waals surface area contributed by atoms with E-state index in [-0.39, 0.29) is 11.8 Å². The van der Waals surface area contributed by atoms with Gasteiger partial charge in [0.1, 0.15) is 5.82 Å². The molecule has 76 valence electrons. The summed E-state index contributed by atoms with van der Waals surface area (Å²) in [4.78, 5) is 22.2. The van der Waals surface area contributed by atoms with Crippen molar-refractivity contribution in [2.45, 2.75) is 12.3 Å². The molecular weight excluding hydrogens is 194 g/mol. The van der Waals surface area contributed by atoms with Gasteiger partial charge in [-0.15, -0.1) is 0 Å².